The van der Waals surface area contributed by atoms with Crippen LogP contribution in [0.3, 0.4) is 0 Å². The Morgan fingerprint density at radius 1 is 0.689 bits per heavy atom. The van der Waals surface area contributed by atoms with Crippen molar-refractivity contribution in [1.82, 2.24) is 0 Å². The molecule has 0 fully saturated rings. The van der Waals surface area contributed by atoms with Crippen molar-refractivity contribution < 1.29 is 0 Å². The molecule has 0 aliphatic carbocycles. The Labute approximate surface area is 270 Å². The second-order valence-electron chi connectivity index (χ2n) is 10.5. The van der Waals surface area contributed by atoms with Crippen LogP contribution in [0, 0.1) is 30.6 Å². The van der Waals surface area contributed by atoms with Crippen molar-refractivity contribution in [3.05, 3.63) is 186 Å². The second kappa shape index (κ2) is 17.5. The molecule has 0 heterocycles. The molecule has 0 spiro atoms. The largest absolute Gasteiger partial charge is 0.0937 e. The summed E-state index contributed by atoms with van der Waals surface area (Å²) in [6, 6.07) is 37.8. The molecule has 45 heavy (non-hydrogen) atoms. The Morgan fingerprint density at radius 3 is 2.02 bits per heavy atom. The fourth-order valence-corrected chi connectivity index (χ4v) is 4.85. The van der Waals surface area contributed by atoms with E-state index in [1.807, 2.05) is 43.3 Å². The van der Waals surface area contributed by atoms with Gasteiger partial charge in [0.1, 0.15) is 0 Å². The molecule has 0 N–H and O–H groups in total. The molecule has 4 aromatic rings. The van der Waals surface area contributed by atoms with Crippen molar-refractivity contribution in [1.29, 1.82) is 0 Å². The average molecular weight is 581 g/mol. The van der Waals surface area contributed by atoms with Crippen LogP contribution in [-0.4, -0.2) is 0 Å². The van der Waals surface area contributed by atoms with Gasteiger partial charge in [-0.1, -0.05) is 159 Å². The van der Waals surface area contributed by atoms with Crippen LogP contribution in [0.2, 0.25) is 0 Å². The summed E-state index contributed by atoms with van der Waals surface area (Å²) >= 11 is 0. The van der Waals surface area contributed by atoms with Gasteiger partial charge in [0.15, 0.2) is 0 Å². The number of hydrogen-bond donors (Lipinski definition) is 0. The van der Waals surface area contributed by atoms with Gasteiger partial charge in [0.25, 0.3) is 0 Å². The number of benzene rings is 3. The molecule has 4 rings (SSSR count). The van der Waals surface area contributed by atoms with Crippen LogP contribution >= 0.6 is 0 Å². The van der Waals surface area contributed by atoms with Gasteiger partial charge in [-0.2, -0.15) is 0 Å². The molecule has 0 aliphatic rings. The Hall–Kier alpha value is -5.56. The molecule has 0 atom stereocenters. The maximum atomic E-state index is 4.49. The zero-order chi connectivity index (χ0) is 31.7. The van der Waals surface area contributed by atoms with Crippen LogP contribution in [0.1, 0.15) is 48.9 Å². The van der Waals surface area contributed by atoms with E-state index < -0.39 is 0 Å². The van der Waals surface area contributed by atoms with E-state index in [1.54, 1.807) is 0 Å². The lowest BCUT2D eigenvalue weighted by molar-refractivity contribution is 1.22. The van der Waals surface area contributed by atoms with Gasteiger partial charge in [-0.3, -0.25) is 0 Å². The molecule has 0 amide bonds. The number of hydrogen-bond acceptors (Lipinski definition) is 0. The summed E-state index contributed by atoms with van der Waals surface area (Å²) in [5.41, 5.74) is 8.46. The highest BCUT2D eigenvalue weighted by atomic mass is 14.1. The first-order valence-corrected chi connectivity index (χ1v) is 15.5. The van der Waals surface area contributed by atoms with E-state index in [-0.39, 0.29) is 0 Å². The average Bonchev–Trinajstić information content (AvgIpc) is 3.07. The fourth-order valence-electron chi connectivity index (χ4n) is 4.85. The van der Waals surface area contributed by atoms with Crippen molar-refractivity contribution in [2.24, 2.45) is 0 Å². The Bertz CT molecular complexity index is 1920. The van der Waals surface area contributed by atoms with Crippen LogP contribution in [0.4, 0.5) is 0 Å². The van der Waals surface area contributed by atoms with Gasteiger partial charge in [0.2, 0.25) is 0 Å². The summed E-state index contributed by atoms with van der Waals surface area (Å²) in [4.78, 5) is 0. The first-order chi connectivity index (χ1) is 22.1. The molecule has 0 saturated heterocycles. The topological polar surface area (TPSA) is 0 Å². The van der Waals surface area contributed by atoms with Crippen LogP contribution < -0.4 is 0 Å². The quantitative estimate of drug-likeness (QED) is 0.151. The molecule has 0 bridgehead atoms. The highest BCUT2D eigenvalue weighted by Gasteiger charge is 2.08. The summed E-state index contributed by atoms with van der Waals surface area (Å²) in [5, 5.41) is 2.29. The number of fused-ring (bicyclic) bond motifs is 1. The van der Waals surface area contributed by atoms with Gasteiger partial charge in [0.05, 0.1) is 0 Å². The predicted octanol–water partition coefficient (Wildman–Crippen LogP) is 11.8. The van der Waals surface area contributed by atoms with E-state index >= 15 is 0 Å². The lowest BCUT2D eigenvalue weighted by atomic mass is 9.92. The molecule has 0 nitrogen and oxygen atoms in total. The molecule has 4 aromatic carbocycles. The second-order valence-corrected chi connectivity index (χ2v) is 10.5. The fraction of sp³-hybridized carbons (Fsp3) is 0.111. The van der Waals surface area contributed by atoms with Crippen molar-refractivity contribution >= 4 is 16.3 Å². The molecule has 0 radical (unpaired) electrons. The van der Waals surface area contributed by atoms with Gasteiger partial charge < -0.3 is 0 Å². The van der Waals surface area contributed by atoms with E-state index in [0.717, 1.165) is 50.6 Å². The highest BCUT2D eigenvalue weighted by Crippen LogP contribution is 2.33. The molecule has 0 unspecified atom stereocenters. The minimum absolute atomic E-state index is 0.714. The van der Waals surface area contributed by atoms with Crippen LogP contribution in [0.25, 0.3) is 27.5 Å². The third-order valence-corrected chi connectivity index (χ3v) is 7.20. The van der Waals surface area contributed by atoms with E-state index in [9.17, 15) is 0 Å². The number of aryl methyl sites for hydroxylation is 1. The molecule has 0 aliphatic heterocycles. The first kappa shape index (κ1) is 32.4. The molecular formula is C45H40. The summed E-state index contributed by atoms with van der Waals surface area (Å²) in [7, 11) is 0. The number of rotatable bonds is 7. The normalized spacial score (nSPS) is 11.2. The van der Waals surface area contributed by atoms with Gasteiger partial charge in [-0.15, -0.1) is 0 Å². The van der Waals surface area contributed by atoms with E-state index in [4.69, 9.17) is 0 Å². The SMILES string of the molecule is C=C(/C=C\C(C#CC/C=C\C=C/CC)=C/C)c1cccccc(C)c(-c2ccc(C#Cc3ccccc3)cc2)c2ccccc12. The minimum atomic E-state index is 0.714. The predicted molar refractivity (Wildman–Crippen MR) is 197 cm³/mol. The lowest BCUT2D eigenvalue weighted by Gasteiger charge is -2.11. The van der Waals surface area contributed by atoms with Crippen molar-refractivity contribution in [3.63, 3.8) is 0 Å². The van der Waals surface area contributed by atoms with Gasteiger partial charge in [0, 0.05) is 23.1 Å². The lowest BCUT2D eigenvalue weighted by Crippen LogP contribution is -1.87. The standard InChI is InChI=1S/C45H40/c1-5-7-8-9-10-11-15-22-38(6-2)29-28-36(3)42-25-18-12-14-21-37(4)45(44-27-20-19-26-43(42)44)41-34-32-40(33-35-41)31-30-39-23-16-13-17-24-39/h6-10,12-14,16-21,23-29,32-35H,3,5,11H2,1-2,4H3/b8-7-,10-9-,14-12?,18-12?,21-14?,25-18?,29-28-,37-21?,38-6-,42-25?,43-42?,45-37?,45-44?. The summed E-state index contributed by atoms with van der Waals surface area (Å²) in [6.45, 7) is 10.8. The Morgan fingerprint density at radius 2 is 1.31 bits per heavy atom. The van der Waals surface area contributed by atoms with Gasteiger partial charge in [-0.25, -0.2) is 0 Å². The third-order valence-electron chi connectivity index (χ3n) is 7.20. The molecule has 0 heteroatoms. The van der Waals surface area contributed by atoms with Crippen LogP contribution in [0.15, 0.2) is 164 Å². The van der Waals surface area contributed by atoms with Crippen molar-refractivity contribution in [3.8, 4) is 34.8 Å². The zero-order valence-corrected chi connectivity index (χ0v) is 26.6. The van der Waals surface area contributed by atoms with Crippen molar-refractivity contribution in [2.45, 2.75) is 33.6 Å². The number of allylic oxidation sites excluding steroid dienone is 9. The van der Waals surface area contributed by atoms with E-state index in [1.165, 1.54) is 11.1 Å². The van der Waals surface area contributed by atoms with E-state index in [0.29, 0.717) is 6.42 Å². The monoisotopic (exact) mass is 580 g/mol. The summed E-state index contributed by atoms with van der Waals surface area (Å²) in [6.07, 6.45) is 16.2. The highest BCUT2D eigenvalue weighted by molar-refractivity contribution is 6.02. The minimum Gasteiger partial charge on any atom is -0.0937 e. The summed E-state index contributed by atoms with van der Waals surface area (Å²) in [5.74, 6) is 13.1. The van der Waals surface area contributed by atoms with E-state index in [2.05, 4.69) is 159 Å². The smallest absolute Gasteiger partial charge is 0.0276 e. The third kappa shape index (κ3) is 9.73. The molecule has 220 valence electrons. The summed E-state index contributed by atoms with van der Waals surface area (Å²) < 4.78 is 0. The Balaban J connectivity index is 1.73. The zero-order valence-electron chi connectivity index (χ0n) is 26.6. The molecular weight excluding hydrogens is 540 g/mol. The van der Waals surface area contributed by atoms with Crippen LogP contribution in [0.5, 0.6) is 0 Å². The van der Waals surface area contributed by atoms with Gasteiger partial charge >= 0.3 is 0 Å². The van der Waals surface area contributed by atoms with Crippen LogP contribution in [-0.2, 0) is 0 Å². The Kier molecular flexibility index (Phi) is 12.6. The van der Waals surface area contributed by atoms with Crippen molar-refractivity contribution in [2.75, 3.05) is 0 Å². The first-order valence-electron chi connectivity index (χ1n) is 15.5. The van der Waals surface area contributed by atoms with Gasteiger partial charge in [-0.05, 0) is 89.2 Å². The molecule has 0 aromatic heterocycles. The maximum Gasteiger partial charge on any atom is 0.0276 e. The maximum absolute atomic E-state index is 4.49. The molecule has 0 saturated carbocycles.